The van der Waals surface area contributed by atoms with Crippen LogP contribution in [-0.4, -0.2) is 21.0 Å². The van der Waals surface area contributed by atoms with Gasteiger partial charge in [0.05, 0.1) is 11.2 Å². The van der Waals surface area contributed by atoms with Crippen molar-refractivity contribution in [2.45, 2.75) is 38.9 Å². The van der Waals surface area contributed by atoms with Crippen LogP contribution in [0.15, 0.2) is 41.4 Å². The van der Waals surface area contributed by atoms with E-state index < -0.39 is 0 Å². The number of halogens is 2. The van der Waals surface area contributed by atoms with Gasteiger partial charge in [-0.3, -0.25) is 10.3 Å². The van der Waals surface area contributed by atoms with Gasteiger partial charge in [-0.25, -0.2) is 5.43 Å². The van der Waals surface area contributed by atoms with Crippen LogP contribution in [0.2, 0.25) is 0 Å². The monoisotopic (exact) mass is 356 g/mol. The van der Waals surface area contributed by atoms with Crippen molar-refractivity contribution in [3.8, 4) is 0 Å². The highest BCUT2D eigenvalue weighted by Gasteiger charge is 2.42. The Morgan fingerprint density at radius 1 is 1.09 bits per heavy atom. The molecule has 126 valence electrons. The molecule has 0 saturated carbocycles. The fourth-order valence-electron chi connectivity index (χ4n) is 3.12. The minimum Gasteiger partial charge on any atom is -0.315 e. The highest BCUT2D eigenvalue weighted by molar-refractivity contribution is 6.19. The van der Waals surface area contributed by atoms with E-state index >= 15 is 0 Å². The van der Waals surface area contributed by atoms with Crippen molar-refractivity contribution < 1.29 is 0 Å². The first-order chi connectivity index (χ1) is 9.90. The number of hydrazone groups is 1. The van der Waals surface area contributed by atoms with Gasteiger partial charge in [0, 0.05) is 11.9 Å². The van der Waals surface area contributed by atoms with Crippen LogP contribution in [0.25, 0.3) is 5.70 Å². The molecule has 4 rings (SSSR count). The van der Waals surface area contributed by atoms with E-state index in [4.69, 9.17) is 5.10 Å². The third-order valence-electron chi connectivity index (χ3n) is 4.23. The number of aromatic nitrogens is 1. The first-order valence-corrected chi connectivity index (χ1v) is 7.19. The molecule has 1 aromatic heterocycles. The largest absolute Gasteiger partial charge is 0.315 e. The number of hydrazine groups is 1. The van der Waals surface area contributed by atoms with Crippen molar-refractivity contribution in [2.75, 3.05) is 0 Å². The fourth-order valence-corrected chi connectivity index (χ4v) is 3.12. The summed E-state index contributed by atoms with van der Waals surface area (Å²) in [6, 6.07) is 4.21. The van der Waals surface area contributed by atoms with Gasteiger partial charge in [0.2, 0.25) is 0 Å². The average molecular weight is 357 g/mol. The summed E-state index contributed by atoms with van der Waals surface area (Å²) in [5.41, 5.74) is 11.6. The summed E-state index contributed by atoms with van der Waals surface area (Å²) in [5, 5.41) is 4.71. The molecule has 6 nitrogen and oxygen atoms in total. The molecule has 0 atom stereocenters. The van der Waals surface area contributed by atoms with Gasteiger partial charge in [0.15, 0.2) is 5.84 Å². The molecule has 3 N–H and O–H groups in total. The van der Waals surface area contributed by atoms with E-state index in [2.05, 4.69) is 83.9 Å². The first kappa shape index (κ1) is 17.7. The maximum absolute atomic E-state index is 4.71. The standard InChI is InChI=1S/C15H20N6.2ClH/c1-14(2)11-6-5-9-20(11)10-7-8-12-16-19-15(3,4)21(12)13(10)17-18-14;;/h5-9,16,18-19H,1-4H3;2*1H. The Kier molecular flexibility index (Phi) is 4.22. The van der Waals surface area contributed by atoms with Crippen LogP contribution in [0.3, 0.4) is 0 Å². The van der Waals surface area contributed by atoms with Crippen LogP contribution >= 0.6 is 24.8 Å². The lowest BCUT2D eigenvalue weighted by molar-refractivity contribution is 0.269. The lowest BCUT2D eigenvalue weighted by atomic mass is 10.0. The lowest BCUT2D eigenvalue weighted by Gasteiger charge is -2.34. The molecule has 0 spiro atoms. The molecule has 3 aliphatic rings. The number of nitrogens with one attached hydrogen (secondary N) is 3. The van der Waals surface area contributed by atoms with Crippen LogP contribution in [0.1, 0.15) is 33.4 Å². The summed E-state index contributed by atoms with van der Waals surface area (Å²) >= 11 is 0. The van der Waals surface area contributed by atoms with Crippen LogP contribution in [-0.2, 0) is 5.54 Å². The molecule has 3 aliphatic heterocycles. The van der Waals surface area contributed by atoms with E-state index in [9.17, 15) is 0 Å². The second-order valence-corrected chi connectivity index (χ2v) is 6.68. The molecular formula is C15H22Cl2N6. The summed E-state index contributed by atoms with van der Waals surface area (Å²) in [7, 11) is 0. The summed E-state index contributed by atoms with van der Waals surface area (Å²) in [4.78, 5) is 2.18. The predicted octanol–water partition coefficient (Wildman–Crippen LogP) is 2.33. The molecule has 1 saturated heterocycles. The van der Waals surface area contributed by atoms with E-state index in [0.717, 1.165) is 17.4 Å². The molecule has 0 radical (unpaired) electrons. The topological polar surface area (TPSA) is 56.6 Å². The van der Waals surface area contributed by atoms with Crippen LogP contribution in [0.5, 0.6) is 0 Å². The van der Waals surface area contributed by atoms with Crippen LogP contribution in [0, 0.1) is 0 Å². The molecule has 0 amide bonds. The Labute approximate surface area is 148 Å². The Morgan fingerprint density at radius 2 is 1.83 bits per heavy atom. The summed E-state index contributed by atoms with van der Waals surface area (Å²) in [5.74, 6) is 1.93. The Hall–Kier alpha value is -1.63. The fraction of sp³-hybridized carbons (Fsp3) is 0.400. The highest BCUT2D eigenvalue weighted by Crippen LogP contribution is 2.34. The summed E-state index contributed by atoms with van der Waals surface area (Å²) in [6.07, 6.45) is 6.28. The molecular weight excluding hydrogens is 335 g/mol. The number of hydrogen-bond donors (Lipinski definition) is 3. The van der Waals surface area contributed by atoms with Gasteiger partial charge >= 0.3 is 0 Å². The van der Waals surface area contributed by atoms with Gasteiger partial charge in [-0.05, 0) is 52.0 Å². The van der Waals surface area contributed by atoms with Crippen molar-refractivity contribution in [2.24, 2.45) is 5.10 Å². The summed E-state index contributed by atoms with van der Waals surface area (Å²) in [6.45, 7) is 8.53. The number of allylic oxidation sites excluding steroid dienone is 2. The zero-order chi connectivity index (χ0) is 14.8. The van der Waals surface area contributed by atoms with Crippen molar-refractivity contribution in [3.05, 3.63) is 42.0 Å². The van der Waals surface area contributed by atoms with Gasteiger partial charge in [-0.15, -0.1) is 24.8 Å². The molecule has 0 unspecified atom stereocenters. The van der Waals surface area contributed by atoms with Crippen molar-refractivity contribution in [1.29, 1.82) is 0 Å². The van der Waals surface area contributed by atoms with Gasteiger partial charge in [-0.2, -0.15) is 5.10 Å². The minimum atomic E-state index is -0.242. The SMILES string of the molecule is CC1(C)NN=C2C(=CC=C3NNC(C)(C)N32)n2cccc21.Cl.Cl. The Balaban J connectivity index is 0.000000960. The molecule has 8 heteroatoms. The molecule has 1 aromatic rings. The van der Waals surface area contributed by atoms with Crippen molar-refractivity contribution >= 4 is 36.3 Å². The molecule has 23 heavy (non-hydrogen) atoms. The molecule has 0 aromatic carbocycles. The number of nitrogens with zero attached hydrogens (tertiary/aromatic N) is 3. The minimum absolute atomic E-state index is 0. The molecule has 0 bridgehead atoms. The van der Waals surface area contributed by atoms with Gasteiger partial charge in [0.25, 0.3) is 0 Å². The summed E-state index contributed by atoms with van der Waals surface area (Å²) < 4.78 is 2.21. The van der Waals surface area contributed by atoms with Crippen LogP contribution in [0.4, 0.5) is 0 Å². The van der Waals surface area contributed by atoms with Crippen LogP contribution < -0.4 is 16.3 Å². The number of hydrogen-bond acceptors (Lipinski definition) is 5. The molecule has 0 aliphatic carbocycles. The normalized spacial score (nSPS) is 22.3. The Bertz CT molecular complexity index is 713. The predicted molar refractivity (Wildman–Crippen MR) is 97.1 cm³/mol. The maximum Gasteiger partial charge on any atom is 0.179 e. The lowest BCUT2D eigenvalue weighted by Crippen LogP contribution is -2.50. The quantitative estimate of drug-likeness (QED) is 0.667. The van der Waals surface area contributed by atoms with E-state index in [1.54, 1.807) is 0 Å². The van der Waals surface area contributed by atoms with E-state index in [1.807, 2.05) is 0 Å². The van der Waals surface area contributed by atoms with E-state index in [-0.39, 0.29) is 36.0 Å². The first-order valence-electron chi connectivity index (χ1n) is 7.19. The third kappa shape index (κ3) is 2.41. The maximum atomic E-state index is 4.71. The van der Waals surface area contributed by atoms with Crippen molar-refractivity contribution in [3.63, 3.8) is 0 Å². The van der Waals surface area contributed by atoms with Gasteiger partial charge in [-0.1, -0.05) is 0 Å². The van der Waals surface area contributed by atoms with E-state index in [1.165, 1.54) is 5.69 Å². The van der Waals surface area contributed by atoms with Gasteiger partial charge in [0.1, 0.15) is 11.5 Å². The smallest absolute Gasteiger partial charge is 0.179 e. The second-order valence-electron chi connectivity index (χ2n) is 6.68. The average Bonchev–Trinajstić information content (AvgIpc) is 2.99. The van der Waals surface area contributed by atoms with Crippen molar-refractivity contribution in [1.82, 2.24) is 25.7 Å². The third-order valence-corrected chi connectivity index (χ3v) is 4.23. The molecule has 1 fully saturated rings. The second kappa shape index (κ2) is 5.47. The highest BCUT2D eigenvalue weighted by atomic mass is 35.5. The zero-order valence-corrected chi connectivity index (χ0v) is 15.2. The molecule has 4 heterocycles. The number of fused-ring (bicyclic) bond motifs is 5. The zero-order valence-electron chi connectivity index (χ0n) is 13.5. The van der Waals surface area contributed by atoms with Gasteiger partial charge < -0.3 is 9.99 Å². The number of amidine groups is 1. The number of rotatable bonds is 0. The van der Waals surface area contributed by atoms with E-state index in [0.29, 0.717) is 0 Å². The Morgan fingerprint density at radius 3 is 2.57 bits per heavy atom.